The first-order valence-electron chi connectivity index (χ1n) is 9.68. The first kappa shape index (κ1) is 21.6. The van der Waals surface area contributed by atoms with Gasteiger partial charge in [0.05, 0.1) is 28.4 Å². The van der Waals surface area contributed by atoms with Gasteiger partial charge in [0.1, 0.15) is 0 Å². The molecule has 1 N–H and O–H groups in total. The molecule has 0 spiro atoms. The van der Waals surface area contributed by atoms with E-state index < -0.39 is 5.25 Å². The minimum Gasteiger partial charge on any atom is -0.350 e. The van der Waals surface area contributed by atoms with Gasteiger partial charge in [-0.2, -0.15) is 0 Å². The van der Waals surface area contributed by atoms with Gasteiger partial charge in [-0.1, -0.05) is 41.6 Å². The quantitative estimate of drug-likeness (QED) is 0.311. The van der Waals surface area contributed by atoms with Crippen LogP contribution in [0.5, 0.6) is 0 Å². The summed E-state index contributed by atoms with van der Waals surface area (Å²) in [5, 5.41) is 5.91. The van der Waals surface area contributed by atoms with E-state index in [2.05, 4.69) is 5.32 Å². The Balaban J connectivity index is 1.72. The molecular weight excluding hydrogens is 450 g/mol. The highest BCUT2D eigenvalue weighted by molar-refractivity contribution is 8.00. The van der Waals surface area contributed by atoms with Gasteiger partial charge in [-0.3, -0.25) is 14.2 Å². The van der Waals surface area contributed by atoms with Crippen LogP contribution in [0.25, 0.3) is 16.6 Å². The summed E-state index contributed by atoms with van der Waals surface area (Å²) in [6, 6.07) is 16.6. The Morgan fingerprint density at radius 3 is 2.81 bits per heavy atom. The number of halogens is 1. The van der Waals surface area contributed by atoms with Gasteiger partial charge >= 0.3 is 0 Å². The van der Waals surface area contributed by atoms with E-state index in [9.17, 15) is 9.59 Å². The highest BCUT2D eigenvalue weighted by atomic mass is 35.5. The van der Waals surface area contributed by atoms with Crippen molar-refractivity contribution in [2.24, 2.45) is 0 Å². The monoisotopic (exact) mass is 469 g/mol. The third-order valence-corrected chi connectivity index (χ3v) is 6.89. The molecule has 158 valence electrons. The second-order valence-electron chi connectivity index (χ2n) is 7.09. The van der Waals surface area contributed by atoms with E-state index >= 15 is 0 Å². The van der Waals surface area contributed by atoms with Crippen LogP contribution in [0.4, 0.5) is 0 Å². The predicted octanol–water partition coefficient (Wildman–Crippen LogP) is 5.21. The van der Waals surface area contributed by atoms with Crippen molar-refractivity contribution in [3.8, 4) is 5.69 Å². The number of rotatable bonds is 6. The standard InChI is InChI=1S/C23H20ClN3O2S2/c1-14-5-3-6-17(11-14)27-22(29)19-9-8-16(24)12-20(19)26-23(27)31-15(2)21(28)25-13-18-7-4-10-30-18/h3-12,15H,13H2,1-2H3,(H,25,28). The maximum Gasteiger partial charge on any atom is 0.266 e. The number of fused-ring (bicyclic) bond motifs is 1. The molecule has 0 saturated heterocycles. The smallest absolute Gasteiger partial charge is 0.266 e. The topological polar surface area (TPSA) is 64.0 Å². The fourth-order valence-corrected chi connectivity index (χ4v) is 4.92. The second-order valence-corrected chi connectivity index (χ2v) is 9.87. The molecule has 8 heteroatoms. The van der Waals surface area contributed by atoms with E-state index in [-0.39, 0.29) is 11.5 Å². The van der Waals surface area contributed by atoms with E-state index in [0.717, 1.165) is 10.4 Å². The summed E-state index contributed by atoms with van der Waals surface area (Å²) in [4.78, 5) is 31.8. The summed E-state index contributed by atoms with van der Waals surface area (Å²) in [5.74, 6) is -0.116. The van der Waals surface area contributed by atoms with Crippen LogP contribution < -0.4 is 10.9 Å². The van der Waals surface area contributed by atoms with Crippen molar-refractivity contribution in [1.82, 2.24) is 14.9 Å². The van der Waals surface area contributed by atoms with Crippen LogP contribution in [0.3, 0.4) is 0 Å². The van der Waals surface area contributed by atoms with Crippen LogP contribution >= 0.6 is 34.7 Å². The number of thioether (sulfide) groups is 1. The van der Waals surface area contributed by atoms with Crippen molar-refractivity contribution in [1.29, 1.82) is 0 Å². The third-order valence-electron chi connectivity index (χ3n) is 4.73. The lowest BCUT2D eigenvalue weighted by atomic mass is 10.2. The number of benzene rings is 2. The predicted molar refractivity (Wildman–Crippen MR) is 129 cm³/mol. The molecule has 0 radical (unpaired) electrons. The van der Waals surface area contributed by atoms with Gasteiger partial charge in [-0.15, -0.1) is 11.3 Å². The molecule has 0 aliphatic carbocycles. The molecule has 4 aromatic rings. The highest BCUT2D eigenvalue weighted by Gasteiger charge is 2.20. The van der Waals surface area contributed by atoms with E-state index in [0.29, 0.717) is 33.3 Å². The summed E-state index contributed by atoms with van der Waals surface area (Å²) >= 11 is 8.97. The lowest BCUT2D eigenvalue weighted by Gasteiger charge is -2.17. The molecule has 31 heavy (non-hydrogen) atoms. The molecule has 2 aromatic heterocycles. The Hall–Kier alpha value is -2.61. The molecule has 1 amide bonds. The maximum atomic E-state index is 13.4. The van der Waals surface area contributed by atoms with Gasteiger partial charge in [0.25, 0.3) is 5.56 Å². The van der Waals surface area contributed by atoms with Crippen molar-refractivity contribution in [2.75, 3.05) is 0 Å². The lowest BCUT2D eigenvalue weighted by Crippen LogP contribution is -2.31. The Morgan fingerprint density at radius 2 is 2.06 bits per heavy atom. The molecule has 1 atom stereocenters. The molecular formula is C23H20ClN3O2S2. The minimum atomic E-state index is -0.445. The molecule has 4 rings (SSSR count). The van der Waals surface area contributed by atoms with E-state index in [1.165, 1.54) is 11.8 Å². The van der Waals surface area contributed by atoms with Crippen LogP contribution in [0.15, 0.2) is 69.9 Å². The summed E-state index contributed by atoms with van der Waals surface area (Å²) < 4.78 is 1.57. The van der Waals surface area contributed by atoms with Gasteiger partial charge in [-0.05, 0) is 61.2 Å². The molecule has 1 unspecified atom stereocenters. The van der Waals surface area contributed by atoms with Gasteiger partial charge < -0.3 is 5.32 Å². The van der Waals surface area contributed by atoms with Crippen LogP contribution in [0, 0.1) is 6.92 Å². The van der Waals surface area contributed by atoms with Gasteiger partial charge in [0.2, 0.25) is 5.91 Å². The highest BCUT2D eigenvalue weighted by Crippen LogP contribution is 2.26. The number of nitrogens with one attached hydrogen (secondary N) is 1. The zero-order chi connectivity index (χ0) is 22.0. The third kappa shape index (κ3) is 4.84. The average molecular weight is 470 g/mol. The van der Waals surface area contributed by atoms with Crippen LogP contribution in [0.2, 0.25) is 5.02 Å². The van der Waals surface area contributed by atoms with Crippen molar-refractivity contribution in [3.63, 3.8) is 0 Å². The van der Waals surface area contributed by atoms with Gasteiger partial charge in [0.15, 0.2) is 5.16 Å². The molecule has 0 fully saturated rings. The number of hydrogen-bond acceptors (Lipinski definition) is 5. The lowest BCUT2D eigenvalue weighted by molar-refractivity contribution is -0.120. The summed E-state index contributed by atoms with van der Waals surface area (Å²) in [6.07, 6.45) is 0. The van der Waals surface area contributed by atoms with E-state index in [1.807, 2.05) is 55.6 Å². The molecule has 0 bridgehead atoms. The molecule has 0 aliphatic rings. The number of carbonyl (C=O) groups excluding carboxylic acids is 1. The molecule has 2 heterocycles. The normalized spacial score (nSPS) is 12.1. The fourth-order valence-electron chi connectivity index (χ4n) is 3.16. The van der Waals surface area contributed by atoms with Crippen molar-refractivity contribution in [3.05, 3.63) is 85.8 Å². The van der Waals surface area contributed by atoms with E-state index in [1.54, 1.807) is 34.1 Å². The number of hydrogen-bond donors (Lipinski definition) is 1. The first-order chi connectivity index (χ1) is 14.9. The summed E-state index contributed by atoms with van der Waals surface area (Å²) in [5.41, 5.74) is 2.05. The Labute approximate surface area is 193 Å². The molecule has 5 nitrogen and oxygen atoms in total. The number of thiophene rings is 1. The van der Waals surface area contributed by atoms with Gasteiger partial charge in [0, 0.05) is 9.90 Å². The van der Waals surface area contributed by atoms with Crippen molar-refractivity contribution >= 4 is 51.5 Å². The summed E-state index contributed by atoms with van der Waals surface area (Å²) in [7, 11) is 0. The largest absolute Gasteiger partial charge is 0.350 e. The zero-order valence-corrected chi connectivity index (χ0v) is 19.4. The SMILES string of the molecule is Cc1cccc(-n2c(SC(C)C(=O)NCc3cccs3)nc3cc(Cl)ccc3c2=O)c1. The molecule has 2 aromatic carbocycles. The average Bonchev–Trinajstić information content (AvgIpc) is 3.25. The number of nitrogens with zero attached hydrogens (tertiary/aromatic N) is 2. The zero-order valence-electron chi connectivity index (χ0n) is 17.0. The van der Waals surface area contributed by atoms with Gasteiger partial charge in [-0.25, -0.2) is 4.98 Å². The Morgan fingerprint density at radius 1 is 1.23 bits per heavy atom. The number of aryl methyl sites for hydroxylation is 1. The second kappa shape index (κ2) is 9.26. The maximum absolute atomic E-state index is 13.4. The first-order valence-corrected chi connectivity index (χ1v) is 11.8. The number of carbonyl (C=O) groups is 1. The summed E-state index contributed by atoms with van der Waals surface area (Å²) in [6.45, 7) is 4.26. The van der Waals surface area contributed by atoms with Crippen LogP contribution in [-0.2, 0) is 11.3 Å². The number of aromatic nitrogens is 2. The van der Waals surface area contributed by atoms with Crippen molar-refractivity contribution < 1.29 is 4.79 Å². The Bertz CT molecular complexity index is 1300. The van der Waals surface area contributed by atoms with Crippen molar-refractivity contribution in [2.45, 2.75) is 30.8 Å². The Kier molecular flexibility index (Phi) is 6.46. The van der Waals surface area contributed by atoms with Crippen LogP contribution in [-0.4, -0.2) is 20.7 Å². The fraction of sp³-hybridized carbons (Fsp3) is 0.174. The molecule has 0 aliphatic heterocycles. The minimum absolute atomic E-state index is 0.116. The molecule has 0 saturated carbocycles. The number of amides is 1. The van der Waals surface area contributed by atoms with E-state index in [4.69, 9.17) is 16.6 Å². The van der Waals surface area contributed by atoms with Crippen LogP contribution in [0.1, 0.15) is 17.4 Å².